The van der Waals surface area contributed by atoms with Crippen LogP contribution in [0.15, 0.2) is 0 Å². The smallest absolute Gasteiger partial charge is 0.876 e. The van der Waals surface area contributed by atoms with E-state index < -0.39 is 6.10 Å². The average molecular weight is 140 g/mol. The standard InChI is InChI=1S/C8H14O.2Li/c1-7(9)8-5-3-2-4-6-8;;/h7-8H,1-6H2;;/q-2;2*+1. The Balaban J connectivity index is 0. The first kappa shape index (κ1) is 14.7. The summed E-state index contributed by atoms with van der Waals surface area (Å²) in [5.74, 6) is 0.388. The van der Waals surface area contributed by atoms with Crippen LogP contribution in [0.2, 0.25) is 0 Å². The van der Waals surface area contributed by atoms with E-state index in [9.17, 15) is 5.11 Å². The maximum absolute atomic E-state index is 10.8. The van der Waals surface area contributed by atoms with Crippen LogP contribution in [-0.4, -0.2) is 6.10 Å². The zero-order valence-electron chi connectivity index (χ0n) is 7.81. The second kappa shape index (κ2) is 7.79. The normalized spacial score (nSPS) is 21.3. The molecule has 0 spiro atoms. The first-order valence-corrected chi connectivity index (χ1v) is 3.79. The van der Waals surface area contributed by atoms with Gasteiger partial charge >= 0.3 is 37.7 Å². The van der Waals surface area contributed by atoms with Gasteiger partial charge < -0.3 is 12.0 Å². The fourth-order valence-electron chi connectivity index (χ4n) is 1.51. The minimum Gasteiger partial charge on any atom is -0.876 e. The summed E-state index contributed by atoms with van der Waals surface area (Å²) in [5.41, 5.74) is 0. The van der Waals surface area contributed by atoms with Gasteiger partial charge in [0.25, 0.3) is 0 Å². The molecule has 1 fully saturated rings. The van der Waals surface area contributed by atoms with Crippen molar-refractivity contribution < 1.29 is 42.8 Å². The van der Waals surface area contributed by atoms with Crippen LogP contribution in [0.4, 0.5) is 0 Å². The minimum atomic E-state index is -0.565. The van der Waals surface area contributed by atoms with Gasteiger partial charge in [-0.25, -0.2) is 0 Å². The van der Waals surface area contributed by atoms with E-state index >= 15 is 0 Å². The molecule has 1 saturated carbocycles. The Bertz CT molecular complexity index is 80.2. The van der Waals surface area contributed by atoms with Gasteiger partial charge in [-0.15, -0.1) is 0 Å². The molecule has 1 aliphatic carbocycles. The molecule has 0 N–H and O–H groups in total. The topological polar surface area (TPSA) is 23.1 Å². The van der Waals surface area contributed by atoms with E-state index in [-0.39, 0.29) is 37.7 Å². The molecule has 11 heavy (non-hydrogen) atoms. The first-order valence-electron chi connectivity index (χ1n) is 3.79. The summed E-state index contributed by atoms with van der Waals surface area (Å²) in [7, 11) is 0. The van der Waals surface area contributed by atoms with Gasteiger partial charge in [0.1, 0.15) is 0 Å². The van der Waals surface area contributed by atoms with Crippen LogP contribution in [0.5, 0.6) is 0 Å². The Morgan fingerprint density at radius 2 is 1.55 bits per heavy atom. The summed E-state index contributed by atoms with van der Waals surface area (Å²) in [6, 6.07) is 0. The predicted molar refractivity (Wildman–Crippen MR) is 35.7 cm³/mol. The van der Waals surface area contributed by atoms with Crippen LogP contribution in [-0.2, 0) is 0 Å². The average Bonchev–Trinajstić information content (AvgIpc) is 1.90. The van der Waals surface area contributed by atoms with Gasteiger partial charge in [-0.05, 0) is 0 Å². The molecule has 1 rings (SSSR count). The molecule has 0 radical (unpaired) electrons. The summed E-state index contributed by atoms with van der Waals surface area (Å²) in [4.78, 5) is 0. The molecule has 0 aromatic rings. The number of rotatable bonds is 1. The van der Waals surface area contributed by atoms with Gasteiger partial charge in [-0.2, -0.15) is 0 Å². The molecule has 0 aromatic heterocycles. The zero-order valence-corrected chi connectivity index (χ0v) is 7.81. The van der Waals surface area contributed by atoms with Crippen molar-refractivity contribution in [3.63, 3.8) is 0 Å². The Hall–Kier alpha value is 1.15. The maximum atomic E-state index is 10.8. The SMILES string of the molecule is [CH2-]C([O-])C1CCCCC1.[Li+].[Li+]. The largest absolute Gasteiger partial charge is 1.00 e. The molecule has 0 saturated heterocycles. The van der Waals surface area contributed by atoms with Gasteiger partial charge in [0, 0.05) is 0 Å². The fourth-order valence-corrected chi connectivity index (χ4v) is 1.51. The number of hydrogen-bond donors (Lipinski definition) is 0. The van der Waals surface area contributed by atoms with Gasteiger partial charge in [-0.1, -0.05) is 38.0 Å². The van der Waals surface area contributed by atoms with Crippen LogP contribution >= 0.6 is 0 Å². The van der Waals surface area contributed by atoms with Crippen LogP contribution in [0.3, 0.4) is 0 Å². The van der Waals surface area contributed by atoms with Crippen molar-refractivity contribution >= 4 is 0 Å². The van der Waals surface area contributed by atoms with Crippen LogP contribution in [0, 0.1) is 12.8 Å². The Morgan fingerprint density at radius 1 is 1.09 bits per heavy atom. The first-order chi connectivity index (χ1) is 4.30. The van der Waals surface area contributed by atoms with Gasteiger partial charge in [0.2, 0.25) is 0 Å². The van der Waals surface area contributed by atoms with Gasteiger partial charge in [0.05, 0.1) is 0 Å². The molecular weight excluding hydrogens is 126 g/mol. The molecule has 1 nitrogen and oxygen atoms in total. The Labute approximate surface area is 93.7 Å². The van der Waals surface area contributed by atoms with Crippen molar-refractivity contribution in [3.05, 3.63) is 6.92 Å². The molecule has 0 heterocycles. The summed E-state index contributed by atoms with van der Waals surface area (Å²) < 4.78 is 0. The van der Waals surface area contributed by atoms with Gasteiger partial charge in [0.15, 0.2) is 0 Å². The third kappa shape index (κ3) is 5.40. The van der Waals surface area contributed by atoms with Crippen molar-refractivity contribution in [1.29, 1.82) is 0 Å². The van der Waals surface area contributed by atoms with Crippen molar-refractivity contribution in [2.75, 3.05) is 0 Å². The van der Waals surface area contributed by atoms with Crippen molar-refractivity contribution in [2.24, 2.45) is 5.92 Å². The second-order valence-corrected chi connectivity index (χ2v) is 2.94. The fraction of sp³-hybridized carbons (Fsp3) is 0.875. The quantitative estimate of drug-likeness (QED) is 0.264. The number of hydrogen-bond acceptors (Lipinski definition) is 1. The van der Waals surface area contributed by atoms with E-state index in [1.807, 2.05) is 0 Å². The van der Waals surface area contributed by atoms with Gasteiger partial charge in [-0.3, -0.25) is 6.10 Å². The zero-order chi connectivity index (χ0) is 6.69. The van der Waals surface area contributed by atoms with Crippen LogP contribution in [0.1, 0.15) is 32.1 Å². The summed E-state index contributed by atoms with van der Waals surface area (Å²) in [6.07, 6.45) is 5.50. The van der Waals surface area contributed by atoms with Crippen LogP contribution < -0.4 is 42.8 Å². The molecular formula is C8H14Li2O. The maximum Gasteiger partial charge on any atom is 1.00 e. The summed E-state index contributed by atoms with van der Waals surface area (Å²) in [6.45, 7) is 3.51. The second-order valence-electron chi connectivity index (χ2n) is 2.94. The Morgan fingerprint density at radius 3 is 1.82 bits per heavy atom. The summed E-state index contributed by atoms with van der Waals surface area (Å²) in [5, 5.41) is 10.8. The third-order valence-electron chi connectivity index (χ3n) is 2.18. The Kier molecular flexibility index (Phi) is 10.4. The molecule has 1 unspecified atom stereocenters. The van der Waals surface area contributed by atoms with E-state index in [1.54, 1.807) is 0 Å². The monoisotopic (exact) mass is 140 g/mol. The molecule has 54 valence electrons. The minimum absolute atomic E-state index is 0. The van der Waals surface area contributed by atoms with E-state index in [0.29, 0.717) is 5.92 Å². The van der Waals surface area contributed by atoms with Crippen molar-refractivity contribution in [1.82, 2.24) is 0 Å². The van der Waals surface area contributed by atoms with E-state index in [4.69, 9.17) is 0 Å². The van der Waals surface area contributed by atoms with E-state index in [1.165, 1.54) is 19.3 Å². The predicted octanol–water partition coefficient (Wildman–Crippen LogP) is -4.86. The molecule has 0 aromatic carbocycles. The van der Waals surface area contributed by atoms with Crippen molar-refractivity contribution in [2.45, 2.75) is 38.2 Å². The molecule has 1 aliphatic rings. The van der Waals surface area contributed by atoms with Crippen LogP contribution in [0.25, 0.3) is 0 Å². The molecule has 3 heteroatoms. The third-order valence-corrected chi connectivity index (χ3v) is 2.18. The molecule has 0 amide bonds. The van der Waals surface area contributed by atoms with E-state index in [2.05, 4.69) is 6.92 Å². The summed E-state index contributed by atoms with van der Waals surface area (Å²) >= 11 is 0. The molecule has 1 atom stereocenters. The molecule has 0 aliphatic heterocycles. The van der Waals surface area contributed by atoms with E-state index in [0.717, 1.165) is 12.8 Å². The van der Waals surface area contributed by atoms with Crippen molar-refractivity contribution in [3.8, 4) is 0 Å². The molecule has 0 bridgehead atoms.